The fourth-order valence-electron chi connectivity index (χ4n) is 1.14. The van der Waals surface area contributed by atoms with E-state index in [2.05, 4.69) is 27.2 Å². The van der Waals surface area contributed by atoms with E-state index in [1.807, 2.05) is 0 Å². The zero-order chi connectivity index (χ0) is 8.53. The molecule has 0 aromatic rings. The summed E-state index contributed by atoms with van der Waals surface area (Å²) in [5.41, 5.74) is 0. The van der Waals surface area contributed by atoms with Gasteiger partial charge in [-0.05, 0) is 18.8 Å². The van der Waals surface area contributed by atoms with Gasteiger partial charge in [-0.1, -0.05) is 52.9 Å². The summed E-state index contributed by atoms with van der Waals surface area (Å²) in [6.45, 7) is 6.82. The molecule has 67 valence electrons. The minimum Gasteiger partial charge on any atom is -0.0654 e. The van der Waals surface area contributed by atoms with Crippen molar-refractivity contribution in [3.63, 3.8) is 0 Å². The molecular weight excluding hydrogens is 132 g/mol. The van der Waals surface area contributed by atoms with Gasteiger partial charge < -0.3 is 0 Å². The molecule has 0 nitrogen and oxygen atoms in total. The monoisotopic (exact) mass is 155 g/mol. The molecule has 0 amide bonds. The summed E-state index contributed by atoms with van der Waals surface area (Å²) in [7, 11) is 0. The smallest absolute Gasteiger partial charge is 0.0358 e. The summed E-state index contributed by atoms with van der Waals surface area (Å²) in [5.74, 6) is 0.830. The maximum atomic E-state index is 2.47. The van der Waals surface area contributed by atoms with E-state index in [4.69, 9.17) is 0 Å². The summed E-state index contributed by atoms with van der Waals surface area (Å²) in [4.78, 5) is 0. The van der Waals surface area contributed by atoms with Crippen LogP contribution in [0.3, 0.4) is 0 Å². The van der Waals surface area contributed by atoms with E-state index in [-0.39, 0.29) is 0 Å². The van der Waals surface area contributed by atoms with Crippen molar-refractivity contribution in [3.05, 3.63) is 6.42 Å². The predicted molar refractivity (Wildman–Crippen MR) is 52.5 cm³/mol. The van der Waals surface area contributed by atoms with Crippen molar-refractivity contribution in [2.75, 3.05) is 0 Å². The van der Waals surface area contributed by atoms with Crippen LogP contribution in [0.4, 0.5) is 0 Å². The molecule has 0 saturated carbocycles. The van der Waals surface area contributed by atoms with Gasteiger partial charge in [-0.25, -0.2) is 0 Å². The molecule has 0 rings (SSSR count). The van der Waals surface area contributed by atoms with E-state index >= 15 is 0 Å². The Kier molecular flexibility index (Phi) is 8.10. The van der Waals surface area contributed by atoms with E-state index in [0.717, 1.165) is 5.92 Å². The zero-order valence-electron chi connectivity index (χ0n) is 8.40. The molecule has 1 unspecified atom stereocenters. The molecule has 0 N–H and O–H groups in total. The van der Waals surface area contributed by atoms with Gasteiger partial charge in [0.25, 0.3) is 0 Å². The van der Waals surface area contributed by atoms with Gasteiger partial charge >= 0.3 is 0 Å². The third kappa shape index (κ3) is 7.90. The highest BCUT2D eigenvalue weighted by Gasteiger charge is 1.97. The summed E-state index contributed by atoms with van der Waals surface area (Å²) >= 11 is 0. The highest BCUT2D eigenvalue weighted by molar-refractivity contribution is 4.70. The fourth-order valence-corrected chi connectivity index (χ4v) is 1.14. The summed E-state index contributed by atoms with van der Waals surface area (Å²) in [5, 5.41) is 0. The number of unbranched alkanes of at least 4 members (excludes halogenated alkanes) is 4. The third-order valence-corrected chi connectivity index (χ3v) is 2.27. The van der Waals surface area contributed by atoms with Crippen LogP contribution in [-0.4, -0.2) is 0 Å². The topological polar surface area (TPSA) is 0 Å². The Hall–Kier alpha value is 0. The van der Waals surface area contributed by atoms with Crippen LogP contribution in [0.1, 0.15) is 59.3 Å². The number of hydrogen-bond donors (Lipinski definition) is 0. The Morgan fingerprint density at radius 3 is 2.36 bits per heavy atom. The third-order valence-electron chi connectivity index (χ3n) is 2.27. The van der Waals surface area contributed by atoms with Crippen LogP contribution in [0.5, 0.6) is 0 Å². The van der Waals surface area contributed by atoms with Crippen LogP contribution in [-0.2, 0) is 0 Å². The van der Waals surface area contributed by atoms with E-state index in [1.54, 1.807) is 0 Å². The Morgan fingerprint density at radius 1 is 1.09 bits per heavy atom. The van der Waals surface area contributed by atoms with Gasteiger partial charge in [-0.15, -0.1) is 0 Å². The molecule has 0 heterocycles. The van der Waals surface area contributed by atoms with Gasteiger partial charge in [-0.3, -0.25) is 0 Å². The van der Waals surface area contributed by atoms with Crippen LogP contribution in [0.25, 0.3) is 0 Å². The molecule has 0 aromatic heterocycles. The van der Waals surface area contributed by atoms with Crippen molar-refractivity contribution in [3.8, 4) is 0 Å². The molecule has 0 bridgehead atoms. The van der Waals surface area contributed by atoms with Crippen molar-refractivity contribution in [2.24, 2.45) is 5.92 Å². The van der Waals surface area contributed by atoms with Crippen LogP contribution in [0.2, 0.25) is 0 Å². The molecule has 11 heavy (non-hydrogen) atoms. The molecule has 0 spiro atoms. The van der Waals surface area contributed by atoms with Crippen LogP contribution in [0.15, 0.2) is 0 Å². The van der Waals surface area contributed by atoms with Crippen LogP contribution < -0.4 is 0 Å². The summed E-state index contributed by atoms with van der Waals surface area (Å²) in [6.07, 6.45) is 10.7. The van der Waals surface area contributed by atoms with Crippen molar-refractivity contribution >= 4 is 0 Å². The van der Waals surface area contributed by atoms with Crippen molar-refractivity contribution < 1.29 is 0 Å². The lowest BCUT2D eigenvalue weighted by molar-refractivity contribution is 0.579. The molecule has 0 aliphatic rings. The molecule has 1 atom stereocenters. The fraction of sp³-hybridized carbons (Fsp3) is 0.909. The summed E-state index contributed by atoms with van der Waals surface area (Å²) < 4.78 is 0. The van der Waals surface area contributed by atoms with Gasteiger partial charge in [0.2, 0.25) is 0 Å². The first-order valence-corrected chi connectivity index (χ1v) is 5.14. The normalized spacial score (nSPS) is 13.4. The average Bonchev–Trinajstić information content (AvgIpc) is 2.04. The molecule has 0 aliphatic heterocycles. The largest absolute Gasteiger partial charge is 0.0654 e. The quantitative estimate of drug-likeness (QED) is 0.483. The van der Waals surface area contributed by atoms with E-state index < -0.39 is 0 Å². The minimum atomic E-state index is 0.830. The first-order valence-electron chi connectivity index (χ1n) is 5.14. The van der Waals surface area contributed by atoms with Crippen molar-refractivity contribution in [1.29, 1.82) is 0 Å². The SMILES string of the molecule is CCCCCC[CH]C(C)CC. The van der Waals surface area contributed by atoms with Gasteiger partial charge in [0.15, 0.2) is 0 Å². The Bertz CT molecular complexity index is 66.4. The lowest BCUT2D eigenvalue weighted by Gasteiger charge is -2.06. The van der Waals surface area contributed by atoms with Crippen molar-refractivity contribution in [1.82, 2.24) is 0 Å². The van der Waals surface area contributed by atoms with Gasteiger partial charge in [0, 0.05) is 0 Å². The lowest BCUT2D eigenvalue weighted by atomic mass is 10.0. The van der Waals surface area contributed by atoms with Gasteiger partial charge in [-0.2, -0.15) is 0 Å². The second-order valence-electron chi connectivity index (χ2n) is 3.47. The predicted octanol–water partition coefficient (Wildman–Crippen LogP) is 4.21. The second-order valence-corrected chi connectivity index (χ2v) is 3.47. The van der Waals surface area contributed by atoms with E-state index in [1.165, 1.54) is 38.5 Å². The van der Waals surface area contributed by atoms with Crippen molar-refractivity contribution in [2.45, 2.75) is 59.3 Å². The number of rotatable bonds is 7. The zero-order valence-corrected chi connectivity index (χ0v) is 8.40. The molecule has 0 fully saturated rings. The van der Waals surface area contributed by atoms with Gasteiger partial charge in [0.05, 0.1) is 0 Å². The lowest BCUT2D eigenvalue weighted by Crippen LogP contribution is -1.92. The molecular formula is C11H23. The Morgan fingerprint density at radius 2 is 1.82 bits per heavy atom. The highest BCUT2D eigenvalue weighted by Crippen LogP contribution is 2.12. The van der Waals surface area contributed by atoms with Crippen LogP contribution >= 0.6 is 0 Å². The van der Waals surface area contributed by atoms with E-state index in [0.29, 0.717) is 0 Å². The average molecular weight is 155 g/mol. The molecule has 0 saturated heterocycles. The first kappa shape index (κ1) is 11.0. The highest BCUT2D eigenvalue weighted by atomic mass is 14.0. The second kappa shape index (κ2) is 8.10. The Balaban J connectivity index is 2.89. The number of hydrogen-bond acceptors (Lipinski definition) is 0. The Labute approximate surface area is 72.4 Å². The molecule has 0 aromatic carbocycles. The maximum absolute atomic E-state index is 2.47. The minimum absolute atomic E-state index is 0.830. The maximum Gasteiger partial charge on any atom is -0.0358 e. The standard InChI is InChI=1S/C11H23/c1-4-6-7-8-9-10-11(3)5-2/h10-11H,4-9H2,1-3H3. The molecule has 0 aliphatic carbocycles. The molecule has 1 radical (unpaired) electrons. The van der Waals surface area contributed by atoms with Gasteiger partial charge in [0.1, 0.15) is 0 Å². The van der Waals surface area contributed by atoms with E-state index in [9.17, 15) is 0 Å². The summed E-state index contributed by atoms with van der Waals surface area (Å²) in [6, 6.07) is 0. The molecule has 0 heteroatoms. The van der Waals surface area contributed by atoms with Crippen LogP contribution in [0, 0.1) is 12.3 Å². The first-order chi connectivity index (χ1) is 5.31.